The summed E-state index contributed by atoms with van der Waals surface area (Å²) in [4.78, 5) is 15.4. The van der Waals surface area contributed by atoms with E-state index in [1.54, 1.807) is 18.2 Å². The van der Waals surface area contributed by atoms with Crippen molar-refractivity contribution in [3.8, 4) is 5.75 Å². The van der Waals surface area contributed by atoms with E-state index < -0.39 is 20.5 Å². The molecule has 20 heavy (non-hydrogen) atoms. The van der Waals surface area contributed by atoms with Gasteiger partial charge in [0.15, 0.2) is 5.96 Å². The number of nitrogens with zero attached hydrogens (tertiary/aromatic N) is 1. The van der Waals surface area contributed by atoms with Crippen molar-refractivity contribution in [2.75, 3.05) is 6.61 Å². The van der Waals surface area contributed by atoms with Crippen LogP contribution in [0.15, 0.2) is 29.3 Å². The van der Waals surface area contributed by atoms with Crippen LogP contribution in [0.2, 0.25) is 0 Å². The lowest BCUT2D eigenvalue weighted by atomic mass is 10.2. The van der Waals surface area contributed by atoms with Crippen molar-refractivity contribution in [2.24, 2.45) is 16.5 Å². The van der Waals surface area contributed by atoms with Gasteiger partial charge in [-0.3, -0.25) is 4.57 Å². The SMILES string of the molecule is CC(CO)OP(=O)([O-])Oc1ccccc1CN=C(N)N. The smallest absolute Gasteiger partial charge is 0.320 e. The first-order valence-corrected chi connectivity index (χ1v) is 7.23. The zero-order valence-electron chi connectivity index (χ0n) is 10.9. The molecule has 0 spiro atoms. The van der Waals surface area contributed by atoms with E-state index in [-0.39, 0.29) is 18.3 Å². The summed E-state index contributed by atoms with van der Waals surface area (Å²) < 4.78 is 21.1. The third-order valence-corrected chi connectivity index (χ3v) is 3.22. The number of aliphatic hydroxyl groups excluding tert-OH is 1. The molecule has 2 unspecified atom stereocenters. The van der Waals surface area contributed by atoms with Crippen molar-refractivity contribution in [1.82, 2.24) is 0 Å². The Kier molecular flexibility index (Phi) is 5.97. The minimum Gasteiger partial charge on any atom is -0.746 e. The second-order valence-corrected chi connectivity index (χ2v) is 5.27. The van der Waals surface area contributed by atoms with E-state index in [1.807, 2.05) is 0 Å². The first-order chi connectivity index (χ1) is 9.34. The summed E-state index contributed by atoms with van der Waals surface area (Å²) in [5.41, 5.74) is 10.9. The fourth-order valence-corrected chi connectivity index (χ4v) is 2.27. The molecule has 0 fully saturated rings. The van der Waals surface area contributed by atoms with Gasteiger partial charge >= 0.3 is 7.82 Å². The number of aliphatic hydroxyl groups is 1. The molecular weight excluding hydrogens is 285 g/mol. The Hall–Kier alpha value is -1.60. The highest BCUT2D eigenvalue weighted by Gasteiger charge is 2.17. The molecule has 0 amide bonds. The lowest BCUT2D eigenvalue weighted by Crippen LogP contribution is -2.22. The van der Waals surface area contributed by atoms with Gasteiger partial charge in [0.1, 0.15) is 5.75 Å². The van der Waals surface area contributed by atoms with Crippen molar-refractivity contribution in [3.63, 3.8) is 0 Å². The Morgan fingerprint density at radius 1 is 1.50 bits per heavy atom. The number of hydrogen-bond donors (Lipinski definition) is 3. The Labute approximate surface area is 116 Å². The maximum atomic E-state index is 11.6. The number of phosphoric ester groups is 1. The molecule has 1 aromatic rings. The molecule has 112 valence electrons. The monoisotopic (exact) mass is 302 g/mol. The third-order valence-electron chi connectivity index (χ3n) is 2.18. The van der Waals surface area contributed by atoms with E-state index in [0.29, 0.717) is 5.56 Å². The van der Waals surface area contributed by atoms with Gasteiger partial charge in [0.25, 0.3) is 0 Å². The summed E-state index contributed by atoms with van der Waals surface area (Å²) in [5.74, 6) is -0.0452. The summed E-state index contributed by atoms with van der Waals surface area (Å²) >= 11 is 0. The lowest BCUT2D eigenvalue weighted by Gasteiger charge is -2.26. The van der Waals surface area contributed by atoms with Gasteiger partial charge in [0.2, 0.25) is 0 Å². The van der Waals surface area contributed by atoms with Gasteiger partial charge in [-0.05, 0) is 13.0 Å². The Morgan fingerprint density at radius 2 is 2.15 bits per heavy atom. The normalized spacial score (nSPS) is 15.2. The van der Waals surface area contributed by atoms with Crippen LogP contribution in [0.25, 0.3) is 0 Å². The van der Waals surface area contributed by atoms with Crippen molar-refractivity contribution < 1.29 is 23.6 Å². The topological polar surface area (TPSA) is 143 Å². The molecule has 0 heterocycles. The minimum atomic E-state index is -4.58. The molecule has 0 saturated carbocycles. The second-order valence-electron chi connectivity index (χ2n) is 3.99. The first-order valence-electron chi connectivity index (χ1n) is 5.77. The highest BCUT2D eigenvalue weighted by molar-refractivity contribution is 7.46. The maximum absolute atomic E-state index is 11.6. The van der Waals surface area contributed by atoms with Gasteiger partial charge in [-0.25, -0.2) is 4.99 Å². The van der Waals surface area contributed by atoms with Crippen LogP contribution in [0.4, 0.5) is 0 Å². The zero-order chi connectivity index (χ0) is 15.2. The summed E-state index contributed by atoms with van der Waals surface area (Å²) in [6.07, 6.45) is -0.886. The van der Waals surface area contributed by atoms with E-state index >= 15 is 0 Å². The summed E-state index contributed by atoms with van der Waals surface area (Å²) in [6, 6.07) is 6.37. The first kappa shape index (κ1) is 16.5. The van der Waals surface area contributed by atoms with Gasteiger partial charge in [0.05, 0.1) is 19.3 Å². The number of nitrogens with two attached hydrogens (primary N) is 2. The summed E-state index contributed by atoms with van der Waals surface area (Å²) in [7, 11) is -4.58. The average Bonchev–Trinajstić information content (AvgIpc) is 2.36. The summed E-state index contributed by atoms with van der Waals surface area (Å²) in [5, 5.41) is 8.78. The van der Waals surface area contributed by atoms with Crippen LogP contribution in [0, 0.1) is 0 Å². The van der Waals surface area contributed by atoms with Crippen molar-refractivity contribution in [3.05, 3.63) is 29.8 Å². The van der Waals surface area contributed by atoms with Gasteiger partial charge in [-0.2, -0.15) is 0 Å². The summed E-state index contributed by atoms with van der Waals surface area (Å²) in [6.45, 7) is 1.04. The number of para-hydroxylation sites is 1. The quantitative estimate of drug-likeness (QED) is 0.356. The van der Waals surface area contributed by atoms with E-state index in [1.165, 1.54) is 13.0 Å². The van der Waals surface area contributed by atoms with E-state index in [9.17, 15) is 9.46 Å². The van der Waals surface area contributed by atoms with Crippen LogP contribution in [0.5, 0.6) is 5.75 Å². The second kappa shape index (κ2) is 7.25. The van der Waals surface area contributed by atoms with Crippen LogP contribution in [-0.2, 0) is 15.6 Å². The molecule has 0 radical (unpaired) electrons. The van der Waals surface area contributed by atoms with Gasteiger partial charge in [-0.15, -0.1) is 0 Å². The highest BCUT2D eigenvalue weighted by Crippen LogP contribution is 2.42. The fourth-order valence-electron chi connectivity index (χ4n) is 1.30. The van der Waals surface area contributed by atoms with Crippen molar-refractivity contribution in [2.45, 2.75) is 19.6 Å². The predicted molar refractivity (Wildman–Crippen MR) is 71.8 cm³/mol. The average molecular weight is 302 g/mol. The third kappa shape index (κ3) is 5.58. The number of benzene rings is 1. The number of guanidine groups is 1. The van der Waals surface area contributed by atoms with Crippen LogP contribution in [-0.4, -0.2) is 23.8 Å². The van der Waals surface area contributed by atoms with Crippen molar-refractivity contribution >= 4 is 13.8 Å². The van der Waals surface area contributed by atoms with Crippen molar-refractivity contribution in [1.29, 1.82) is 0 Å². The predicted octanol–water partition coefficient (Wildman–Crippen LogP) is -0.295. The lowest BCUT2D eigenvalue weighted by molar-refractivity contribution is -0.221. The zero-order valence-corrected chi connectivity index (χ0v) is 11.8. The highest BCUT2D eigenvalue weighted by atomic mass is 31.2. The molecule has 0 aliphatic heterocycles. The van der Waals surface area contributed by atoms with E-state index in [4.69, 9.17) is 21.1 Å². The van der Waals surface area contributed by atoms with Gasteiger partial charge in [0, 0.05) is 5.56 Å². The number of hydrogen-bond acceptors (Lipinski definition) is 6. The number of rotatable bonds is 7. The number of aliphatic imine (C=N–C) groups is 1. The minimum absolute atomic E-state index is 0.0703. The number of phosphoric acid groups is 1. The molecule has 1 aromatic carbocycles. The van der Waals surface area contributed by atoms with Crippen LogP contribution >= 0.6 is 7.82 Å². The standard InChI is InChI=1S/C11H18N3O5P/c1-8(7-15)18-20(16,17)19-10-5-3-2-4-9(10)6-14-11(12)13/h2-5,8,15H,6-7H2,1H3,(H,16,17)(H4,12,13,14)/p-1. The Bertz CT molecular complexity index is 519. The maximum Gasteiger partial charge on any atom is 0.320 e. The van der Waals surface area contributed by atoms with Crippen LogP contribution < -0.4 is 20.9 Å². The fraction of sp³-hybridized carbons (Fsp3) is 0.364. The molecule has 0 aromatic heterocycles. The largest absolute Gasteiger partial charge is 0.746 e. The molecule has 0 aliphatic carbocycles. The molecule has 0 saturated heterocycles. The molecule has 0 aliphatic rings. The van der Waals surface area contributed by atoms with Crippen LogP contribution in [0.3, 0.4) is 0 Å². The molecular formula is C11H17N3O5P-. The van der Waals surface area contributed by atoms with Crippen LogP contribution in [0.1, 0.15) is 12.5 Å². The molecule has 8 nitrogen and oxygen atoms in total. The molecule has 1 rings (SSSR count). The van der Waals surface area contributed by atoms with Gasteiger partial charge < -0.3 is 30.5 Å². The molecule has 0 bridgehead atoms. The Morgan fingerprint density at radius 3 is 2.75 bits per heavy atom. The molecule has 2 atom stereocenters. The van der Waals surface area contributed by atoms with E-state index in [2.05, 4.69) is 9.52 Å². The Balaban J connectivity index is 2.86. The molecule has 9 heteroatoms. The molecule has 5 N–H and O–H groups in total. The van der Waals surface area contributed by atoms with Gasteiger partial charge in [-0.1, -0.05) is 18.2 Å². The van der Waals surface area contributed by atoms with E-state index in [0.717, 1.165) is 0 Å².